The van der Waals surface area contributed by atoms with E-state index in [0.29, 0.717) is 5.92 Å². The first kappa shape index (κ1) is 9.43. The Bertz CT molecular complexity index is 110. The van der Waals surface area contributed by atoms with E-state index in [2.05, 4.69) is 10.5 Å². The van der Waals surface area contributed by atoms with E-state index in [0.717, 1.165) is 12.3 Å². The Kier molecular flexibility index (Phi) is 4.94. The molecule has 0 heterocycles. The Morgan fingerprint density at radius 3 is 2.50 bits per heavy atom. The number of hydrazone groups is 1. The van der Waals surface area contributed by atoms with Gasteiger partial charge in [-0.05, 0) is 12.8 Å². The van der Waals surface area contributed by atoms with Crippen LogP contribution in [0.1, 0.15) is 20.8 Å². The van der Waals surface area contributed by atoms with Crippen LogP contribution in [0.3, 0.4) is 0 Å². The van der Waals surface area contributed by atoms with Crippen LogP contribution >= 0.6 is 0 Å². The molecule has 0 saturated heterocycles. The van der Waals surface area contributed by atoms with Crippen molar-refractivity contribution in [3.63, 3.8) is 0 Å². The molecule has 3 nitrogen and oxygen atoms in total. The molecule has 60 valence electrons. The average Bonchev–Trinajstić information content (AvgIpc) is 1.89. The molecule has 0 bridgehead atoms. The van der Waals surface area contributed by atoms with E-state index in [1.165, 1.54) is 0 Å². The molecule has 0 radical (unpaired) electrons. The molecule has 0 fully saturated rings. The molecular weight excluding hydrogens is 128 g/mol. The Morgan fingerprint density at radius 1 is 1.60 bits per heavy atom. The molecule has 0 rings (SSSR count). The van der Waals surface area contributed by atoms with Crippen LogP contribution in [0.2, 0.25) is 0 Å². The topological polar surface area (TPSA) is 44.6 Å². The predicted octanol–water partition coefficient (Wildman–Crippen LogP) is 0.600. The van der Waals surface area contributed by atoms with Gasteiger partial charge in [0.2, 0.25) is 0 Å². The smallest absolute Gasteiger partial charge is 0.0833 e. The third kappa shape index (κ3) is 3.45. The number of aliphatic hydroxyl groups excluding tert-OH is 1. The van der Waals surface area contributed by atoms with Crippen LogP contribution in [0.5, 0.6) is 0 Å². The molecular formula is C7H16N2O. The Morgan fingerprint density at radius 2 is 2.20 bits per heavy atom. The SMILES string of the molecule is CCN/N=C(\CO)C(C)C. The Balaban J connectivity index is 3.79. The summed E-state index contributed by atoms with van der Waals surface area (Å²) in [5, 5.41) is 12.7. The molecule has 0 aromatic carbocycles. The van der Waals surface area contributed by atoms with Crippen LogP contribution in [0.4, 0.5) is 0 Å². The van der Waals surface area contributed by atoms with Gasteiger partial charge in [0.05, 0.1) is 12.3 Å². The standard InChI is InChI=1S/C7H16N2O/c1-4-8-9-7(5-10)6(2)3/h6,8,10H,4-5H2,1-3H3/b9-7+. The molecule has 0 aromatic rings. The summed E-state index contributed by atoms with van der Waals surface area (Å²) in [4.78, 5) is 0. The largest absolute Gasteiger partial charge is 0.390 e. The quantitative estimate of drug-likeness (QED) is 0.448. The van der Waals surface area contributed by atoms with Gasteiger partial charge in [0.1, 0.15) is 0 Å². The van der Waals surface area contributed by atoms with Gasteiger partial charge in [0, 0.05) is 6.54 Å². The maximum Gasteiger partial charge on any atom is 0.0833 e. The van der Waals surface area contributed by atoms with Crippen LogP contribution in [-0.2, 0) is 0 Å². The van der Waals surface area contributed by atoms with Gasteiger partial charge in [-0.2, -0.15) is 5.10 Å². The molecule has 0 amide bonds. The van der Waals surface area contributed by atoms with Crippen molar-refractivity contribution in [2.45, 2.75) is 20.8 Å². The number of rotatable bonds is 4. The van der Waals surface area contributed by atoms with E-state index < -0.39 is 0 Å². The summed E-state index contributed by atoms with van der Waals surface area (Å²) < 4.78 is 0. The van der Waals surface area contributed by atoms with Gasteiger partial charge in [-0.3, -0.25) is 0 Å². The van der Waals surface area contributed by atoms with E-state index in [4.69, 9.17) is 5.11 Å². The summed E-state index contributed by atoms with van der Waals surface area (Å²) in [6.45, 7) is 6.83. The van der Waals surface area contributed by atoms with Gasteiger partial charge < -0.3 is 10.5 Å². The summed E-state index contributed by atoms with van der Waals surface area (Å²) in [6, 6.07) is 0. The summed E-state index contributed by atoms with van der Waals surface area (Å²) in [6.07, 6.45) is 0. The van der Waals surface area contributed by atoms with E-state index in [1.54, 1.807) is 0 Å². The lowest BCUT2D eigenvalue weighted by Crippen LogP contribution is -2.17. The van der Waals surface area contributed by atoms with Crippen molar-refractivity contribution in [2.75, 3.05) is 13.2 Å². The lowest BCUT2D eigenvalue weighted by molar-refractivity contribution is 0.350. The molecule has 0 atom stereocenters. The summed E-state index contributed by atoms with van der Waals surface area (Å²) in [7, 11) is 0. The Hall–Kier alpha value is -0.570. The minimum atomic E-state index is 0.0463. The molecule has 0 unspecified atom stereocenters. The lowest BCUT2D eigenvalue weighted by atomic mass is 10.1. The van der Waals surface area contributed by atoms with Crippen molar-refractivity contribution in [3.8, 4) is 0 Å². The van der Waals surface area contributed by atoms with E-state index in [-0.39, 0.29) is 6.61 Å². The highest BCUT2D eigenvalue weighted by Crippen LogP contribution is 1.94. The van der Waals surface area contributed by atoms with Gasteiger partial charge in [0.15, 0.2) is 0 Å². The fraction of sp³-hybridized carbons (Fsp3) is 0.857. The number of nitrogens with one attached hydrogen (secondary N) is 1. The lowest BCUT2D eigenvalue weighted by Gasteiger charge is -2.05. The average molecular weight is 144 g/mol. The van der Waals surface area contributed by atoms with E-state index >= 15 is 0 Å². The zero-order chi connectivity index (χ0) is 7.98. The number of nitrogens with zero attached hydrogens (tertiary/aromatic N) is 1. The molecule has 0 aliphatic heterocycles. The molecule has 0 aliphatic rings. The highest BCUT2D eigenvalue weighted by molar-refractivity contribution is 5.86. The van der Waals surface area contributed by atoms with Crippen molar-refractivity contribution >= 4 is 5.71 Å². The molecule has 0 saturated carbocycles. The van der Waals surface area contributed by atoms with Crippen LogP contribution in [0.15, 0.2) is 5.10 Å². The highest BCUT2D eigenvalue weighted by Gasteiger charge is 2.01. The van der Waals surface area contributed by atoms with Crippen molar-refractivity contribution in [1.82, 2.24) is 5.43 Å². The second-order valence-electron chi connectivity index (χ2n) is 2.43. The van der Waals surface area contributed by atoms with Crippen LogP contribution in [0.25, 0.3) is 0 Å². The van der Waals surface area contributed by atoms with Gasteiger partial charge >= 0.3 is 0 Å². The van der Waals surface area contributed by atoms with Gasteiger partial charge in [-0.15, -0.1) is 0 Å². The van der Waals surface area contributed by atoms with E-state index in [9.17, 15) is 0 Å². The fourth-order valence-electron chi connectivity index (χ4n) is 0.528. The van der Waals surface area contributed by atoms with E-state index in [1.807, 2.05) is 20.8 Å². The third-order valence-electron chi connectivity index (χ3n) is 1.21. The van der Waals surface area contributed by atoms with Gasteiger partial charge in [-0.25, -0.2) is 0 Å². The fourth-order valence-corrected chi connectivity index (χ4v) is 0.528. The van der Waals surface area contributed by atoms with Crippen LogP contribution in [-0.4, -0.2) is 24.0 Å². The van der Waals surface area contributed by atoms with Crippen molar-refractivity contribution in [3.05, 3.63) is 0 Å². The number of aliphatic hydroxyl groups is 1. The number of hydrogen-bond donors (Lipinski definition) is 2. The summed E-state index contributed by atoms with van der Waals surface area (Å²) in [5.41, 5.74) is 3.62. The zero-order valence-corrected chi connectivity index (χ0v) is 6.89. The van der Waals surface area contributed by atoms with Crippen molar-refractivity contribution in [2.24, 2.45) is 11.0 Å². The number of hydrogen-bond acceptors (Lipinski definition) is 3. The minimum Gasteiger partial charge on any atom is -0.390 e. The van der Waals surface area contributed by atoms with Crippen molar-refractivity contribution in [1.29, 1.82) is 0 Å². The normalized spacial score (nSPS) is 12.3. The Labute approximate surface area is 62.1 Å². The third-order valence-corrected chi connectivity index (χ3v) is 1.21. The summed E-state index contributed by atoms with van der Waals surface area (Å²) in [5.74, 6) is 0.323. The molecule has 10 heavy (non-hydrogen) atoms. The van der Waals surface area contributed by atoms with Crippen LogP contribution in [0, 0.1) is 5.92 Å². The second-order valence-corrected chi connectivity index (χ2v) is 2.43. The van der Waals surface area contributed by atoms with Crippen molar-refractivity contribution < 1.29 is 5.11 Å². The molecule has 0 aromatic heterocycles. The molecule has 2 N–H and O–H groups in total. The first-order valence-electron chi connectivity index (χ1n) is 3.62. The van der Waals surface area contributed by atoms with Gasteiger partial charge in [0.25, 0.3) is 0 Å². The molecule has 0 aliphatic carbocycles. The molecule has 0 spiro atoms. The first-order chi connectivity index (χ1) is 4.72. The van der Waals surface area contributed by atoms with Gasteiger partial charge in [-0.1, -0.05) is 13.8 Å². The zero-order valence-electron chi connectivity index (χ0n) is 6.89. The minimum absolute atomic E-state index is 0.0463. The van der Waals surface area contributed by atoms with Crippen LogP contribution < -0.4 is 5.43 Å². The molecule has 3 heteroatoms. The predicted molar refractivity (Wildman–Crippen MR) is 43.0 cm³/mol. The second kappa shape index (κ2) is 5.23. The maximum atomic E-state index is 8.75. The summed E-state index contributed by atoms with van der Waals surface area (Å²) >= 11 is 0. The highest BCUT2D eigenvalue weighted by atomic mass is 16.3. The monoisotopic (exact) mass is 144 g/mol. The maximum absolute atomic E-state index is 8.75. The first-order valence-corrected chi connectivity index (χ1v) is 3.62.